The van der Waals surface area contributed by atoms with Crippen molar-refractivity contribution in [2.45, 2.75) is 26.4 Å². The van der Waals surface area contributed by atoms with Crippen LogP contribution in [-0.2, 0) is 9.63 Å². The molecule has 0 spiro atoms. The topological polar surface area (TPSA) is 108 Å². The number of aryl methyl sites for hydroxylation is 1. The summed E-state index contributed by atoms with van der Waals surface area (Å²) in [7, 11) is 0. The maximum atomic E-state index is 14.3. The number of nitrogens with zero attached hydrogens (tertiary/aromatic N) is 3. The predicted octanol–water partition coefficient (Wildman–Crippen LogP) is 3.58. The Balaban J connectivity index is 1.71. The zero-order valence-corrected chi connectivity index (χ0v) is 17.4. The smallest absolute Gasteiger partial charge is 0.251 e. The number of ketones is 1. The first-order valence-electron chi connectivity index (χ1n) is 9.62. The molecule has 32 heavy (non-hydrogen) atoms. The highest BCUT2D eigenvalue weighted by Crippen LogP contribution is 2.29. The Morgan fingerprint density at radius 2 is 1.66 bits per heavy atom. The van der Waals surface area contributed by atoms with E-state index < -0.39 is 28.7 Å². The molecule has 0 aliphatic carbocycles. The number of benzene rings is 2. The largest absolute Gasteiger partial charge is 0.381 e. The highest BCUT2D eigenvalue weighted by molar-refractivity contribution is 6.49. The van der Waals surface area contributed by atoms with Crippen molar-refractivity contribution in [2.75, 3.05) is 0 Å². The molecule has 2 heterocycles. The fraction of sp³-hybridized carbons (Fsp3) is 0.174. The van der Waals surface area contributed by atoms with Crippen molar-refractivity contribution in [1.29, 1.82) is 0 Å². The molecule has 0 saturated carbocycles. The van der Waals surface area contributed by atoms with Crippen LogP contribution in [0.4, 0.5) is 8.78 Å². The van der Waals surface area contributed by atoms with Crippen LogP contribution < -0.4 is 5.73 Å². The summed E-state index contributed by atoms with van der Waals surface area (Å²) in [4.78, 5) is 37.7. The average Bonchev–Trinajstić information content (AvgIpc) is 3.01. The lowest BCUT2D eigenvalue weighted by molar-refractivity contribution is -0.128. The predicted molar refractivity (Wildman–Crippen MR) is 113 cm³/mol. The highest BCUT2D eigenvalue weighted by Gasteiger charge is 2.40. The number of hydrogen-bond donors (Lipinski definition) is 1. The first kappa shape index (κ1) is 21.2. The van der Waals surface area contributed by atoms with Gasteiger partial charge in [0.05, 0.1) is 29.3 Å². The van der Waals surface area contributed by atoms with Crippen molar-refractivity contribution in [3.8, 4) is 22.5 Å². The van der Waals surface area contributed by atoms with Gasteiger partial charge in [-0.05, 0) is 38.5 Å². The number of Topliss-reactive ketones (excluding diaryl/α,β-unsaturated/α-hetero) is 1. The first-order valence-corrected chi connectivity index (χ1v) is 9.62. The number of aromatic nitrogens is 2. The Bertz CT molecular complexity index is 1300. The Hall–Kier alpha value is -4.01. The number of amides is 1. The van der Waals surface area contributed by atoms with Crippen LogP contribution in [0.3, 0.4) is 0 Å². The van der Waals surface area contributed by atoms with Crippen LogP contribution in [0.1, 0.15) is 35.3 Å². The fourth-order valence-electron chi connectivity index (χ4n) is 3.30. The van der Waals surface area contributed by atoms with Gasteiger partial charge >= 0.3 is 0 Å². The molecular weight excluding hydrogens is 418 g/mol. The lowest BCUT2D eigenvalue weighted by atomic mass is 9.93. The van der Waals surface area contributed by atoms with Gasteiger partial charge in [-0.3, -0.25) is 19.6 Å². The van der Waals surface area contributed by atoms with Crippen LogP contribution in [0.2, 0.25) is 0 Å². The van der Waals surface area contributed by atoms with Crippen LogP contribution >= 0.6 is 0 Å². The summed E-state index contributed by atoms with van der Waals surface area (Å²) in [5, 5.41) is 3.92. The number of primary amides is 1. The molecule has 2 aromatic carbocycles. The highest BCUT2D eigenvalue weighted by atomic mass is 19.1. The molecule has 3 aromatic rings. The van der Waals surface area contributed by atoms with Crippen molar-refractivity contribution >= 4 is 17.4 Å². The van der Waals surface area contributed by atoms with Gasteiger partial charge in [-0.1, -0.05) is 17.3 Å². The normalized spacial score (nSPS) is 14.8. The molecule has 0 radical (unpaired) electrons. The van der Waals surface area contributed by atoms with E-state index in [2.05, 4.69) is 15.1 Å². The first-order chi connectivity index (χ1) is 15.1. The molecule has 1 aliphatic heterocycles. The van der Waals surface area contributed by atoms with Gasteiger partial charge in [-0.25, -0.2) is 8.78 Å². The second-order valence-corrected chi connectivity index (χ2v) is 7.86. The lowest BCUT2D eigenvalue weighted by Gasteiger charge is -2.12. The van der Waals surface area contributed by atoms with Gasteiger partial charge < -0.3 is 10.6 Å². The number of carbonyl (C=O) groups is 2. The minimum atomic E-state index is -1.05. The van der Waals surface area contributed by atoms with Gasteiger partial charge in [0.15, 0.2) is 11.3 Å². The molecule has 162 valence electrons. The molecule has 1 aliphatic rings. The zero-order valence-electron chi connectivity index (χ0n) is 17.4. The van der Waals surface area contributed by atoms with Gasteiger partial charge in [0.25, 0.3) is 5.91 Å². The van der Waals surface area contributed by atoms with E-state index in [9.17, 15) is 18.4 Å². The van der Waals surface area contributed by atoms with Crippen LogP contribution in [0, 0.1) is 18.6 Å². The number of rotatable bonds is 4. The minimum Gasteiger partial charge on any atom is -0.381 e. The summed E-state index contributed by atoms with van der Waals surface area (Å²) in [5.41, 5.74) is 6.50. The summed E-state index contributed by atoms with van der Waals surface area (Å²) in [5.74, 6) is -3.19. The van der Waals surface area contributed by atoms with Crippen LogP contribution in [0.5, 0.6) is 0 Å². The van der Waals surface area contributed by atoms with Crippen molar-refractivity contribution < 1.29 is 23.2 Å². The van der Waals surface area contributed by atoms with Crippen molar-refractivity contribution in [2.24, 2.45) is 10.9 Å². The van der Waals surface area contributed by atoms with Gasteiger partial charge in [-0.2, -0.15) is 0 Å². The molecule has 4 rings (SSSR count). The van der Waals surface area contributed by atoms with Gasteiger partial charge in [0.2, 0.25) is 5.78 Å². The SMILES string of the molecule is Cc1ccc(C2=NOC(C)(C)C2=O)cc1-c1cnc(-c2cc(C(N)=O)c(F)cc2F)cn1. The number of halogens is 2. The number of hydrogen-bond acceptors (Lipinski definition) is 6. The summed E-state index contributed by atoms with van der Waals surface area (Å²) < 4.78 is 28.0. The molecule has 0 fully saturated rings. The minimum absolute atomic E-state index is 0.102. The van der Waals surface area contributed by atoms with E-state index in [1.165, 1.54) is 12.4 Å². The quantitative estimate of drug-likeness (QED) is 0.673. The molecule has 0 saturated heterocycles. The zero-order chi connectivity index (χ0) is 23.2. The standard InChI is InChI=1S/C23H18F2N4O3/c1-11-4-5-12(20-21(30)23(2,3)32-29-20)6-13(11)18-9-28-19(10-27-18)14-7-15(22(26)31)17(25)8-16(14)24/h4-10H,1-3H3,(H2,26,31). The Labute approximate surface area is 181 Å². The monoisotopic (exact) mass is 436 g/mol. The van der Waals surface area contributed by atoms with Crippen molar-refractivity contribution in [3.05, 3.63) is 71.1 Å². The number of oxime groups is 1. The molecular formula is C23H18F2N4O3. The maximum Gasteiger partial charge on any atom is 0.251 e. The Morgan fingerprint density at radius 1 is 1.00 bits per heavy atom. The fourth-order valence-corrected chi connectivity index (χ4v) is 3.30. The summed E-state index contributed by atoms with van der Waals surface area (Å²) in [6.45, 7) is 5.15. The molecule has 0 bridgehead atoms. The summed E-state index contributed by atoms with van der Waals surface area (Å²) in [6.07, 6.45) is 2.74. The summed E-state index contributed by atoms with van der Waals surface area (Å²) >= 11 is 0. The van der Waals surface area contributed by atoms with E-state index in [1.54, 1.807) is 26.0 Å². The molecule has 9 heteroatoms. The number of carbonyl (C=O) groups excluding carboxylic acids is 2. The van der Waals surface area contributed by atoms with Crippen LogP contribution in [0.25, 0.3) is 22.5 Å². The van der Waals surface area contributed by atoms with Gasteiger partial charge in [0.1, 0.15) is 11.6 Å². The van der Waals surface area contributed by atoms with Crippen LogP contribution in [-0.4, -0.2) is 33.0 Å². The van der Waals surface area contributed by atoms with E-state index in [4.69, 9.17) is 10.6 Å². The third-order valence-electron chi connectivity index (χ3n) is 5.16. The lowest BCUT2D eigenvalue weighted by Crippen LogP contribution is -2.33. The molecule has 7 nitrogen and oxygen atoms in total. The van der Waals surface area contributed by atoms with Gasteiger partial charge in [0, 0.05) is 22.8 Å². The Morgan fingerprint density at radius 3 is 2.22 bits per heavy atom. The second kappa shape index (κ2) is 7.60. The molecule has 2 N–H and O–H groups in total. The third-order valence-corrected chi connectivity index (χ3v) is 5.16. The third kappa shape index (κ3) is 3.62. The molecule has 1 amide bonds. The van der Waals surface area contributed by atoms with E-state index in [-0.39, 0.29) is 22.8 Å². The number of nitrogens with two attached hydrogens (primary N) is 1. The molecule has 1 aromatic heterocycles. The second-order valence-electron chi connectivity index (χ2n) is 7.86. The maximum absolute atomic E-state index is 14.3. The van der Waals surface area contributed by atoms with Crippen molar-refractivity contribution in [1.82, 2.24) is 9.97 Å². The molecule has 0 atom stereocenters. The van der Waals surface area contributed by atoms with E-state index >= 15 is 0 Å². The van der Waals surface area contributed by atoms with Crippen LogP contribution in [0.15, 0.2) is 47.9 Å². The van der Waals surface area contributed by atoms with Gasteiger partial charge in [-0.15, -0.1) is 0 Å². The van der Waals surface area contributed by atoms with E-state index in [0.29, 0.717) is 22.9 Å². The Kier molecular flexibility index (Phi) is 5.04. The molecule has 0 unspecified atom stereocenters. The van der Waals surface area contributed by atoms with Crippen molar-refractivity contribution in [3.63, 3.8) is 0 Å². The summed E-state index contributed by atoms with van der Waals surface area (Å²) in [6, 6.07) is 6.93. The van der Waals surface area contributed by atoms with E-state index in [1.807, 2.05) is 13.0 Å². The van der Waals surface area contributed by atoms with E-state index in [0.717, 1.165) is 11.6 Å². The average molecular weight is 436 g/mol.